The summed E-state index contributed by atoms with van der Waals surface area (Å²) in [4.78, 5) is 12.3. The number of aliphatic hydroxyl groups excluding tert-OH is 1. The summed E-state index contributed by atoms with van der Waals surface area (Å²) in [6.07, 6.45) is -1.13. The van der Waals surface area contributed by atoms with Crippen molar-refractivity contribution in [1.82, 2.24) is 4.90 Å². The van der Waals surface area contributed by atoms with Gasteiger partial charge < -0.3 is 15.7 Å². The van der Waals surface area contributed by atoms with Gasteiger partial charge in [-0.3, -0.25) is 4.79 Å². The Morgan fingerprint density at radius 2 is 2.17 bits per heavy atom. The van der Waals surface area contributed by atoms with E-state index in [2.05, 4.69) is 0 Å². The quantitative estimate of drug-likeness (QED) is 0.664. The highest BCUT2D eigenvalue weighted by Crippen LogP contribution is 2.29. The second-order valence-corrected chi connectivity index (χ2v) is 3.11. The third kappa shape index (κ3) is 1.43. The van der Waals surface area contributed by atoms with Crippen LogP contribution in [0.3, 0.4) is 0 Å². The van der Waals surface area contributed by atoms with Gasteiger partial charge in [-0.25, -0.2) is 0 Å². The third-order valence-electron chi connectivity index (χ3n) is 1.55. The highest BCUT2D eigenvalue weighted by molar-refractivity contribution is 6.49. The van der Waals surface area contributed by atoms with Crippen LogP contribution in [0.25, 0.3) is 0 Å². The first kappa shape index (κ1) is 9.80. The number of hydrogen-bond donors (Lipinski definition) is 2. The summed E-state index contributed by atoms with van der Waals surface area (Å²) in [5, 5.41) is 9.15. The summed E-state index contributed by atoms with van der Waals surface area (Å²) in [5.74, 6) is -0.473. The number of nitrogens with two attached hydrogens (primary N) is 1. The lowest BCUT2D eigenvalue weighted by Crippen LogP contribution is -2.38. The van der Waals surface area contributed by atoms with Crippen LogP contribution in [0.2, 0.25) is 0 Å². The molecule has 0 saturated carbocycles. The molecule has 0 bridgehead atoms. The van der Waals surface area contributed by atoms with Crippen molar-refractivity contribution in [2.75, 3.05) is 13.1 Å². The summed E-state index contributed by atoms with van der Waals surface area (Å²) in [6.45, 7) is 0.504. The molecule has 1 unspecified atom stereocenters. The van der Waals surface area contributed by atoms with Gasteiger partial charge in [0.1, 0.15) is 5.03 Å². The normalized spacial score (nSPS) is 24.2. The molecule has 0 aromatic heterocycles. The summed E-state index contributed by atoms with van der Waals surface area (Å²) in [7, 11) is 0. The van der Waals surface area contributed by atoms with Crippen LogP contribution in [0.5, 0.6) is 0 Å². The zero-order chi connectivity index (χ0) is 9.30. The number of aliphatic hydroxyl groups is 1. The Kier molecular flexibility index (Phi) is 2.95. The molecule has 3 N–H and O–H groups in total. The lowest BCUT2D eigenvalue weighted by molar-refractivity contribution is -0.130. The zero-order valence-corrected chi connectivity index (χ0v) is 7.64. The smallest absolute Gasteiger partial charge is 0.269 e. The molecule has 0 aliphatic carbocycles. The Hall–Kier alpha value is -0.290. The molecule has 1 rings (SSSR count). The van der Waals surface area contributed by atoms with E-state index in [0.717, 1.165) is 4.90 Å². The number of hydrogen-bond acceptors (Lipinski definition) is 3. The second kappa shape index (κ2) is 3.62. The van der Waals surface area contributed by atoms with Gasteiger partial charge in [-0.05, 0) is 0 Å². The highest BCUT2D eigenvalue weighted by atomic mass is 35.5. The molecule has 12 heavy (non-hydrogen) atoms. The first-order valence-corrected chi connectivity index (χ1v) is 4.09. The van der Waals surface area contributed by atoms with Gasteiger partial charge in [0.2, 0.25) is 0 Å². The van der Waals surface area contributed by atoms with Crippen LogP contribution in [-0.4, -0.2) is 35.2 Å². The van der Waals surface area contributed by atoms with Crippen LogP contribution in [0.4, 0.5) is 0 Å². The van der Waals surface area contributed by atoms with E-state index >= 15 is 0 Å². The van der Waals surface area contributed by atoms with Crippen molar-refractivity contribution in [1.29, 1.82) is 0 Å². The summed E-state index contributed by atoms with van der Waals surface area (Å²) >= 11 is 11.0. The van der Waals surface area contributed by atoms with Crippen LogP contribution in [-0.2, 0) is 4.79 Å². The van der Waals surface area contributed by atoms with Crippen LogP contribution in [0.15, 0.2) is 10.1 Å². The molecule has 4 nitrogen and oxygen atoms in total. The third-order valence-corrected chi connectivity index (χ3v) is 2.40. The Labute approximate surface area is 79.5 Å². The van der Waals surface area contributed by atoms with Crippen molar-refractivity contribution in [3.63, 3.8) is 0 Å². The largest absolute Gasteiger partial charge is 0.368 e. The first-order valence-electron chi connectivity index (χ1n) is 3.34. The molecule has 1 aliphatic rings. The minimum Gasteiger partial charge on any atom is -0.368 e. The van der Waals surface area contributed by atoms with E-state index in [1.54, 1.807) is 0 Å². The fourth-order valence-corrected chi connectivity index (χ4v) is 1.36. The SMILES string of the molecule is NCCN1C(=O)C(Cl)=C(Cl)C1O. The van der Waals surface area contributed by atoms with Gasteiger partial charge in [-0.2, -0.15) is 0 Å². The van der Waals surface area contributed by atoms with Crippen molar-refractivity contribution in [3.05, 3.63) is 10.1 Å². The van der Waals surface area contributed by atoms with Gasteiger partial charge in [0.15, 0.2) is 6.23 Å². The molecule has 1 heterocycles. The predicted octanol–water partition coefficient (Wildman–Crippen LogP) is -0.205. The minimum atomic E-state index is -1.13. The molecule has 68 valence electrons. The number of rotatable bonds is 2. The van der Waals surface area contributed by atoms with E-state index in [0.29, 0.717) is 0 Å². The number of halogens is 2. The molecule has 1 aliphatic heterocycles. The van der Waals surface area contributed by atoms with E-state index in [9.17, 15) is 9.90 Å². The van der Waals surface area contributed by atoms with E-state index in [1.807, 2.05) is 0 Å². The lowest BCUT2D eigenvalue weighted by atomic mass is 10.5. The highest BCUT2D eigenvalue weighted by Gasteiger charge is 2.35. The molecular formula is C6H8Cl2N2O2. The molecule has 0 aromatic carbocycles. The topological polar surface area (TPSA) is 66.6 Å². The van der Waals surface area contributed by atoms with Gasteiger partial charge >= 0.3 is 0 Å². The predicted molar refractivity (Wildman–Crippen MR) is 45.5 cm³/mol. The van der Waals surface area contributed by atoms with Crippen LogP contribution < -0.4 is 5.73 Å². The van der Waals surface area contributed by atoms with Crippen LogP contribution in [0, 0.1) is 0 Å². The van der Waals surface area contributed by atoms with E-state index < -0.39 is 12.1 Å². The summed E-state index contributed by atoms with van der Waals surface area (Å²) < 4.78 is 0. The second-order valence-electron chi connectivity index (χ2n) is 2.32. The van der Waals surface area contributed by atoms with Crippen LogP contribution in [0.1, 0.15) is 0 Å². The average Bonchev–Trinajstić information content (AvgIpc) is 2.23. The fourth-order valence-electron chi connectivity index (χ4n) is 0.952. The standard InChI is InChI=1S/C6H8Cl2N2O2/c7-3-4(8)6(12)10(2-1-9)5(3)11/h5,11H,1-2,9H2. The number of amides is 1. The number of nitrogens with zero attached hydrogens (tertiary/aromatic N) is 1. The van der Waals surface area contributed by atoms with Crippen molar-refractivity contribution < 1.29 is 9.90 Å². The molecule has 1 atom stereocenters. The van der Waals surface area contributed by atoms with E-state index in [4.69, 9.17) is 28.9 Å². The Bertz CT molecular complexity index is 242. The van der Waals surface area contributed by atoms with Gasteiger partial charge in [-0.1, -0.05) is 23.2 Å². The van der Waals surface area contributed by atoms with Gasteiger partial charge in [0.25, 0.3) is 5.91 Å². The first-order chi connectivity index (χ1) is 5.59. The maximum Gasteiger partial charge on any atom is 0.269 e. The van der Waals surface area contributed by atoms with Gasteiger partial charge in [-0.15, -0.1) is 0 Å². The average molecular weight is 211 g/mol. The Morgan fingerprint density at radius 3 is 2.50 bits per heavy atom. The van der Waals surface area contributed by atoms with E-state index in [1.165, 1.54) is 0 Å². The van der Waals surface area contributed by atoms with Gasteiger partial charge in [0.05, 0.1) is 5.03 Å². The zero-order valence-electron chi connectivity index (χ0n) is 6.13. The maximum atomic E-state index is 11.2. The molecule has 0 fully saturated rings. The van der Waals surface area contributed by atoms with E-state index in [-0.39, 0.29) is 23.2 Å². The molecule has 0 radical (unpaired) electrons. The monoisotopic (exact) mass is 210 g/mol. The Balaban J connectivity index is 2.80. The minimum absolute atomic E-state index is 0.0323. The molecule has 0 spiro atoms. The summed E-state index contributed by atoms with van der Waals surface area (Å²) in [6, 6.07) is 0. The summed E-state index contributed by atoms with van der Waals surface area (Å²) in [5.41, 5.74) is 5.21. The molecule has 1 amide bonds. The van der Waals surface area contributed by atoms with Gasteiger partial charge in [0, 0.05) is 13.1 Å². The molecule has 0 saturated heterocycles. The molecular weight excluding hydrogens is 203 g/mol. The van der Waals surface area contributed by atoms with Crippen molar-refractivity contribution in [2.45, 2.75) is 6.23 Å². The number of carbonyl (C=O) groups is 1. The fraction of sp³-hybridized carbons (Fsp3) is 0.500. The van der Waals surface area contributed by atoms with Crippen molar-refractivity contribution in [3.8, 4) is 0 Å². The lowest BCUT2D eigenvalue weighted by Gasteiger charge is -2.19. The molecule has 0 aromatic rings. The maximum absolute atomic E-state index is 11.2. The molecule has 6 heteroatoms. The van der Waals surface area contributed by atoms with Crippen LogP contribution >= 0.6 is 23.2 Å². The Morgan fingerprint density at radius 1 is 1.58 bits per heavy atom. The van der Waals surface area contributed by atoms with Crippen molar-refractivity contribution in [2.24, 2.45) is 5.73 Å². The number of carbonyl (C=O) groups excluding carboxylic acids is 1. The van der Waals surface area contributed by atoms with Crippen molar-refractivity contribution >= 4 is 29.1 Å².